The van der Waals surface area contributed by atoms with Crippen LogP contribution in [-0.2, 0) is 10.9 Å². The van der Waals surface area contributed by atoms with E-state index < -0.39 is 25.1 Å². The van der Waals surface area contributed by atoms with Gasteiger partial charge in [-0.1, -0.05) is 0 Å². The maximum Gasteiger partial charge on any atom is 0.345 e. The summed E-state index contributed by atoms with van der Waals surface area (Å²) in [4.78, 5) is 41.0. The number of aromatic amines is 1. The average molecular weight is 206 g/mol. The number of rotatable bonds is 2. The van der Waals surface area contributed by atoms with E-state index in [-0.39, 0.29) is 0 Å². The molecule has 1 aromatic rings. The van der Waals surface area contributed by atoms with Crippen LogP contribution in [-0.4, -0.2) is 19.3 Å². The highest BCUT2D eigenvalue weighted by atomic mass is 31.2. The molecule has 72 valence electrons. The molecule has 0 amide bonds. The van der Waals surface area contributed by atoms with Crippen LogP contribution in [0.5, 0.6) is 0 Å². The second kappa shape index (κ2) is 3.29. The topological polar surface area (TPSA) is 112 Å². The lowest BCUT2D eigenvalue weighted by molar-refractivity contribution is 0.360. The number of aromatic nitrogens is 2. The van der Waals surface area contributed by atoms with Crippen LogP contribution >= 0.6 is 7.60 Å². The lowest BCUT2D eigenvalue weighted by Crippen LogP contribution is -2.33. The largest absolute Gasteiger partial charge is 0.345 e. The van der Waals surface area contributed by atoms with Crippen molar-refractivity contribution in [2.75, 3.05) is 0 Å². The second-order valence-corrected chi connectivity index (χ2v) is 3.97. The maximum absolute atomic E-state index is 10.9. The highest BCUT2D eigenvalue weighted by Crippen LogP contribution is 2.35. The first-order valence-corrected chi connectivity index (χ1v) is 5.03. The molecule has 0 spiro atoms. The molecular weight excluding hydrogens is 199 g/mol. The lowest BCUT2D eigenvalue weighted by Gasteiger charge is -2.04. The van der Waals surface area contributed by atoms with Crippen molar-refractivity contribution >= 4 is 7.60 Å². The SMILES string of the molecule is O=c1cc[nH]c(=O)n1CP(=O)(O)O. The fraction of sp³-hybridized carbons (Fsp3) is 0.200. The Balaban J connectivity index is 3.24. The molecule has 3 N–H and O–H groups in total. The Hall–Kier alpha value is -1.17. The summed E-state index contributed by atoms with van der Waals surface area (Å²) in [5, 5.41) is 0. The number of nitrogens with zero attached hydrogens (tertiary/aromatic N) is 1. The first-order valence-electron chi connectivity index (χ1n) is 3.23. The van der Waals surface area contributed by atoms with E-state index in [2.05, 4.69) is 4.98 Å². The number of H-pyrrole nitrogens is 1. The zero-order valence-corrected chi connectivity index (χ0v) is 7.27. The third-order valence-corrected chi connectivity index (χ3v) is 1.92. The van der Waals surface area contributed by atoms with Gasteiger partial charge in [0.2, 0.25) is 0 Å². The molecule has 0 aliphatic heterocycles. The van der Waals surface area contributed by atoms with Crippen LogP contribution in [0.3, 0.4) is 0 Å². The van der Waals surface area contributed by atoms with Crippen LogP contribution in [0.1, 0.15) is 0 Å². The third kappa shape index (κ3) is 2.66. The van der Waals surface area contributed by atoms with E-state index in [0.29, 0.717) is 4.57 Å². The Kier molecular flexibility index (Phi) is 2.51. The minimum Gasteiger partial charge on any atom is -0.323 e. The summed E-state index contributed by atoms with van der Waals surface area (Å²) in [6, 6.07) is 1.01. The first kappa shape index (κ1) is 9.91. The predicted octanol–water partition coefficient (Wildman–Crippen LogP) is -1.33. The third-order valence-electron chi connectivity index (χ3n) is 1.27. The number of hydrogen-bond acceptors (Lipinski definition) is 3. The van der Waals surface area contributed by atoms with Gasteiger partial charge in [-0.3, -0.25) is 9.36 Å². The summed E-state index contributed by atoms with van der Waals surface area (Å²) >= 11 is 0. The summed E-state index contributed by atoms with van der Waals surface area (Å²) < 4.78 is 10.9. The van der Waals surface area contributed by atoms with Gasteiger partial charge >= 0.3 is 13.3 Å². The van der Waals surface area contributed by atoms with E-state index in [4.69, 9.17) is 9.79 Å². The van der Waals surface area contributed by atoms with Crippen molar-refractivity contribution in [2.24, 2.45) is 0 Å². The minimum absolute atomic E-state index is 0.445. The molecule has 0 aliphatic carbocycles. The number of hydrogen-bond donors (Lipinski definition) is 3. The van der Waals surface area contributed by atoms with Gasteiger partial charge in [0.05, 0.1) is 0 Å². The Labute approximate surface area is 71.8 Å². The summed E-state index contributed by atoms with van der Waals surface area (Å²) in [6.45, 7) is 0. The molecule has 7 nitrogen and oxygen atoms in total. The van der Waals surface area contributed by atoms with Gasteiger partial charge in [0.15, 0.2) is 0 Å². The number of nitrogens with one attached hydrogen (secondary N) is 1. The Morgan fingerprint density at radius 2 is 2.08 bits per heavy atom. The van der Waals surface area contributed by atoms with E-state index in [9.17, 15) is 14.2 Å². The van der Waals surface area contributed by atoms with Gasteiger partial charge in [-0.15, -0.1) is 0 Å². The van der Waals surface area contributed by atoms with E-state index >= 15 is 0 Å². The van der Waals surface area contributed by atoms with Crippen molar-refractivity contribution in [1.29, 1.82) is 0 Å². The molecule has 0 saturated heterocycles. The fourth-order valence-electron chi connectivity index (χ4n) is 0.770. The zero-order valence-electron chi connectivity index (χ0n) is 6.38. The fourth-order valence-corrected chi connectivity index (χ4v) is 1.41. The Bertz CT molecular complexity index is 426. The van der Waals surface area contributed by atoms with Gasteiger partial charge in [0, 0.05) is 12.3 Å². The van der Waals surface area contributed by atoms with Gasteiger partial charge in [-0.05, 0) is 0 Å². The van der Waals surface area contributed by atoms with Crippen LogP contribution in [0.15, 0.2) is 21.9 Å². The molecule has 1 rings (SSSR count). The molecule has 13 heavy (non-hydrogen) atoms. The van der Waals surface area contributed by atoms with Crippen molar-refractivity contribution in [3.05, 3.63) is 33.1 Å². The molecular formula is C5H7N2O5P. The standard InChI is InChI=1S/C5H7N2O5P/c8-4-1-2-6-5(9)7(4)3-13(10,11)12/h1-2H,3H2,(H,6,9)(H2,10,11,12). The van der Waals surface area contributed by atoms with Crippen LogP contribution < -0.4 is 11.2 Å². The molecule has 1 aromatic heterocycles. The second-order valence-electron chi connectivity index (χ2n) is 2.36. The van der Waals surface area contributed by atoms with Crippen molar-refractivity contribution in [3.8, 4) is 0 Å². The zero-order chi connectivity index (χ0) is 10.1. The highest BCUT2D eigenvalue weighted by Gasteiger charge is 2.16. The summed E-state index contributed by atoms with van der Waals surface area (Å²) in [7, 11) is -4.40. The van der Waals surface area contributed by atoms with Crippen LogP contribution in [0, 0.1) is 0 Å². The summed E-state index contributed by atoms with van der Waals surface area (Å²) in [5.74, 6) is 0. The molecule has 0 bridgehead atoms. The first-order chi connectivity index (χ1) is 5.90. The van der Waals surface area contributed by atoms with Gasteiger partial charge in [-0.2, -0.15) is 0 Å². The molecule has 0 unspecified atom stereocenters. The molecule has 0 aliphatic rings. The van der Waals surface area contributed by atoms with Crippen molar-refractivity contribution < 1.29 is 14.4 Å². The van der Waals surface area contributed by atoms with Crippen molar-refractivity contribution in [2.45, 2.75) is 6.29 Å². The Morgan fingerprint density at radius 1 is 1.46 bits per heavy atom. The molecule has 1 heterocycles. The summed E-state index contributed by atoms with van der Waals surface area (Å²) in [6.07, 6.45) is 0.211. The van der Waals surface area contributed by atoms with E-state index in [1.807, 2.05) is 0 Å². The Morgan fingerprint density at radius 3 is 2.54 bits per heavy atom. The molecule has 0 fully saturated rings. The average Bonchev–Trinajstić information content (AvgIpc) is 1.95. The predicted molar refractivity (Wildman–Crippen MR) is 43.4 cm³/mol. The van der Waals surface area contributed by atoms with E-state index in [1.54, 1.807) is 0 Å². The van der Waals surface area contributed by atoms with Crippen LogP contribution in [0.25, 0.3) is 0 Å². The molecule has 0 saturated carbocycles. The summed E-state index contributed by atoms with van der Waals surface area (Å²) in [5.41, 5.74) is -1.58. The van der Waals surface area contributed by atoms with Crippen LogP contribution in [0.2, 0.25) is 0 Å². The molecule has 8 heteroatoms. The monoisotopic (exact) mass is 206 g/mol. The van der Waals surface area contributed by atoms with Gasteiger partial charge in [0.1, 0.15) is 6.29 Å². The molecule has 0 aromatic carbocycles. The normalized spacial score (nSPS) is 11.5. The van der Waals surface area contributed by atoms with Crippen molar-refractivity contribution in [1.82, 2.24) is 9.55 Å². The lowest BCUT2D eigenvalue weighted by atomic mass is 10.6. The van der Waals surface area contributed by atoms with Gasteiger partial charge < -0.3 is 14.8 Å². The highest BCUT2D eigenvalue weighted by molar-refractivity contribution is 7.50. The minimum atomic E-state index is -4.40. The quantitative estimate of drug-likeness (QED) is 0.519. The maximum atomic E-state index is 10.9. The van der Waals surface area contributed by atoms with E-state index in [1.165, 1.54) is 0 Å². The molecule has 0 radical (unpaired) electrons. The van der Waals surface area contributed by atoms with E-state index in [0.717, 1.165) is 12.3 Å². The smallest absolute Gasteiger partial charge is 0.323 e. The molecule has 0 atom stereocenters. The van der Waals surface area contributed by atoms with Crippen molar-refractivity contribution in [3.63, 3.8) is 0 Å². The van der Waals surface area contributed by atoms with Gasteiger partial charge in [-0.25, -0.2) is 9.36 Å². The van der Waals surface area contributed by atoms with Crippen LogP contribution in [0.4, 0.5) is 0 Å². The van der Waals surface area contributed by atoms with Gasteiger partial charge in [0.25, 0.3) is 5.56 Å².